The summed E-state index contributed by atoms with van der Waals surface area (Å²) in [6.07, 6.45) is 2.05. The molecule has 0 amide bonds. The van der Waals surface area contributed by atoms with Crippen LogP contribution in [0, 0.1) is 0 Å². The van der Waals surface area contributed by atoms with Crippen molar-refractivity contribution in [1.82, 2.24) is 5.32 Å². The van der Waals surface area contributed by atoms with E-state index in [9.17, 15) is 4.32 Å². The van der Waals surface area contributed by atoms with Crippen molar-refractivity contribution in [3.63, 3.8) is 0 Å². The summed E-state index contributed by atoms with van der Waals surface area (Å²) in [5.41, 5.74) is 1.18. The molecule has 114 valence electrons. The molecule has 1 atom stereocenters. The molecule has 0 bridgehead atoms. The Kier molecular flexibility index (Phi) is 4.60. The van der Waals surface area contributed by atoms with Crippen molar-refractivity contribution in [2.24, 2.45) is 0 Å². The number of rotatable bonds is 5. The van der Waals surface area contributed by atoms with Crippen molar-refractivity contribution in [1.29, 1.82) is 0 Å². The molecule has 1 fully saturated rings. The minimum absolute atomic E-state index is 0.0653. The molecule has 0 aromatic heterocycles. The predicted molar refractivity (Wildman–Crippen MR) is 88.5 cm³/mol. The van der Waals surface area contributed by atoms with E-state index in [-0.39, 0.29) is 6.04 Å². The summed E-state index contributed by atoms with van der Waals surface area (Å²) in [5.74, 6) is 0. The smallest absolute Gasteiger partial charge is 0.393 e. The summed E-state index contributed by atoms with van der Waals surface area (Å²) in [5, 5.41) is 3.51. The normalized spacial score (nSPS) is 18.4. The fourth-order valence-electron chi connectivity index (χ4n) is 3.45. The summed E-state index contributed by atoms with van der Waals surface area (Å²) in [6.45, 7) is 2.39. The Balaban J connectivity index is 2.17. The van der Waals surface area contributed by atoms with Crippen LogP contribution in [0.3, 0.4) is 0 Å². The van der Waals surface area contributed by atoms with E-state index in [1.54, 1.807) is 0 Å². The molecule has 0 spiro atoms. The second-order valence-electron chi connectivity index (χ2n) is 5.78. The topological polar surface area (TPSA) is 21.3 Å². The molecule has 1 N–H and O–H groups in total. The molecule has 1 aliphatic rings. The molecule has 0 unspecified atom stereocenters. The van der Waals surface area contributed by atoms with Crippen molar-refractivity contribution in [2.75, 3.05) is 6.54 Å². The maximum Gasteiger partial charge on any atom is 0.497 e. The van der Waals surface area contributed by atoms with Crippen LogP contribution in [0.4, 0.5) is 4.32 Å². The first kappa shape index (κ1) is 15.3. The van der Waals surface area contributed by atoms with Crippen molar-refractivity contribution >= 4 is 7.19 Å². The number of hydrogen-bond acceptors (Lipinski definition) is 2. The molecule has 0 saturated carbocycles. The van der Waals surface area contributed by atoms with E-state index < -0.39 is 12.8 Å². The van der Waals surface area contributed by atoms with Gasteiger partial charge in [0.25, 0.3) is 0 Å². The lowest BCUT2D eigenvalue weighted by molar-refractivity contribution is 0.0596. The SMILES string of the molecule is CB(F)OC(c1ccccc1)(c1ccccc1)[C@H]1CCCN1. The molecular weight excluding hydrogens is 276 g/mol. The zero-order valence-corrected chi connectivity index (χ0v) is 12.8. The van der Waals surface area contributed by atoms with Gasteiger partial charge in [0.1, 0.15) is 5.60 Å². The third-order valence-corrected chi connectivity index (χ3v) is 4.30. The van der Waals surface area contributed by atoms with Gasteiger partial charge in [0, 0.05) is 6.04 Å². The standard InChI is InChI=1S/C18H21BFNO/c1-19(20)22-18(17-13-8-14-21-17,15-9-4-2-5-10-15)16-11-6-3-7-12-16/h2-7,9-12,17,21H,8,13-14H2,1H3/t17-/m1/s1. The first-order chi connectivity index (χ1) is 10.7. The van der Waals surface area contributed by atoms with Gasteiger partial charge in [-0.2, -0.15) is 0 Å². The van der Waals surface area contributed by atoms with Crippen molar-refractivity contribution in [2.45, 2.75) is 31.3 Å². The minimum Gasteiger partial charge on any atom is -0.393 e. The first-order valence-electron chi connectivity index (χ1n) is 7.90. The molecule has 1 aliphatic heterocycles. The van der Waals surface area contributed by atoms with Crippen LogP contribution >= 0.6 is 0 Å². The second kappa shape index (κ2) is 6.63. The third-order valence-electron chi connectivity index (χ3n) is 4.30. The maximum atomic E-state index is 14.0. The number of halogens is 1. The molecule has 0 radical (unpaired) electrons. The van der Waals surface area contributed by atoms with Crippen LogP contribution in [0.15, 0.2) is 60.7 Å². The molecular formula is C18H21BFNO. The van der Waals surface area contributed by atoms with E-state index >= 15 is 0 Å². The van der Waals surface area contributed by atoms with Gasteiger partial charge in [0.2, 0.25) is 0 Å². The average Bonchev–Trinajstić information content (AvgIpc) is 3.09. The number of nitrogens with one attached hydrogen (secondary N) is 1. The van der Waals surface area contributed by atoms with Gasteiger partial charge in [0.15, 0.2) is 0 Å². The Morgan fingerprint density at radius 2 is 1.59 bits per heavy atom. The molecule has 22 heavy (non-hydrogen) atoms. The second-order valence-corrected chi connectivity index (χ2v) is 5.78. The molecule has 4 heteroatoms. The van der Waals surface area contributed by atoms with Crippen LogP contribution in [-0.2, 0) is 10.3 Å². The Labute approximate surface area is 131 Å². The van der Waals surface area contributed by atoms with E-state index in [0.717, 1.165) is 30.5 Å². The summed E-state index contributed by atoms with van der Waals surface area (Å²) >= 11 is 0. The van der Waals surface area contributed by atoms with Crippen molar-refractivity contribution < 1.29 is 8.97 Å². The summed E-state index contributed by atoms with van der Waals surface area (Å²) in [4.78, 5) is 0. The van der Waals surface area contributed by atoms with Crippen LogP contribution < -0.4 is 5.32 Å². The highest BCUT2D eigenvalue weighted by atomic mass is 19.1. The fourth-order valence-corrected chi connectivity index (χ4v) is 3.45. The molecule has 1 saturated heterocycles. The molecule has 2 aromatic carbocycles. The van der Waals surface area contributed by atoms with Crippen LogP contribution in [0.5, 0.6) is 0 Å². The van der Waals surface area contributed by atoms with Gasteiger partial charge in [-0.1, -0.05) is 60.7 Å². The zero-order chi connectivity index (χ0) is 15.4. The van der Waals surface area contributed by atoms with E-state index in [2.05, 4.69) is 5.32 Å². The van der Waals surface area contributed by atoms with Gasteiger partial charge in [-0.05, 0) is 37.3 Å². The van der Waals surface area contributed by atoms with E-state index in [0.29, 0.717) is 0 Å². The van der Waals surface area contributed by atoms with Gasteiger partial charge in [-0.15, -0.1) is 0 Å². The number of benzene rings is 2. The molecule has 2 nitrogen and oxygen atoms in total. The van der Waals surface area contributed by atoms with Gasteiger partial charge < -0.3 is 9.97 Å². The molecule has 1 heterocycles. The van der Waals surface area contributed by atoms with Crippen LogP contribution in [0.2, 0.25) is 6.82 Å². The van der Waals surface area contributed by atoms with Gasteiger partial charge in [-0.25, -0.2) is 0 Å². The highest BCUT2D eigenvalue weighted by Gasteiger charge is 2.45. The summed E-state index contributed by atoms with van der Waals surface area (Å²) in [7, 11) is -1.34. The third kappa shape index (κ3) is 2.81. The number of hydrogen-bond donors (Lipinski definition) is 1. The van der Waals surface area contributed by atoms with Crippen LogP contribution in [0.1, 0.15) is 24.0 Å². The lowest BCUT2D eigenvalue weighted by atomic mass is 9.77. The Morgan fingerprint density at radius 1 is 1.05 bits per heavy atom. The van der Waals surface area contributed by atoms with Gasteiger partial charge in [-0.3, -0.25) is 4.32 Å². The Morgan fingerprint density at radius 3 is 2.00 bits per heavy atom. The van der Waals surface area contributed by atoms with Gasteiger partial charge >= 0.3 is 7.19 Å². The molecule has 0 aliphatic carbocycles. The highest BCUT2D eigenvalue weighted by Crippen LogP contribution is 2.40. The molecule has 3 rings (SSSR count). The van der Waals surface area contributed by atoms with E-state index in [1.165, 1.54) is 6.82 Å². The van der Waals surface area contributed by atoms with Crippen molar-refractivity contribution in [3.8, 4) is 0 Å². The quantitative estimate of drug-likeness (QED) is 0.848. The average molecular weight is 297 g/mol. The Hall–Kier alpha value is -1.65. The monoisotopic (exact) mass is 297 g/mol. The van der Waals surface area contributed by atoms with Crippen LogP contribution in [-0.4, -0.2) is 19.8 Å². The van der Waals surface area contributed by atoms with E-state index in [4.69, 9.17) is 4.65 Å². The largest absolute Gasteiger partial charge is 0.497 e. The van der Waals surface area contributed by atoms with Crippen LogP contribution in [0.25, 0.3) is 0 Å². The predicted octanol–water partition coefficient (Wildman–Crippen LogP) is 3.79. The maximum absolute atomic E-state index is 14.0. The lowest BCUT2D eigenvalue weighted by Gasteiger charge is -2.41. The minimum atomic E-state index is -1.34. The fraction of sp³-hybridized carbons (Fsp3) is 0.333. The summed E-state index contributed by atoms with van der Waals surface area (Å²) < 4.78 is 19.9. The Bertz CT molecular complexity index is 545. The van der Waals surface area contributed by atoms with E-state index in [1.807, 2.05) is 60.7 Å². The zero-order valence-electron chi connectivity index (χ0n) is 12.8. The highest BCUT2D eigenvalue weighted by molar-refractivity contribution is 6.41. The van der Waals surface area contributed by atoms with Gasteiger partial charge in [0.05, 0.1) is 0 Å². The first-order valence-corrected chi connectivity index (χ1v) is 7.90. The molecule has 2 aromatic rings. The summed E-state index contributed by atoms with van der Waals surface area (Å²) in [6, 6.07) is 20.0. The lowest BCUT2D eigenvalue weighted by Crippen LogP contribution is -2.50. The van der Waals surface area contributed by atoms with Crippen molar-refractivity contribution in [3.05, 3.63) is 71.8 Å².